The summed E-state index contributed by atoms with van der Waals surface area (Å²) < 4.78 is 25.8. The molecule has 0 saturated heterocycles. The second-order valence-electron chi connectivity index (χ2n) is 3.74. The second kappa shape index (κ2) is 4.59. The Kier molecular flexibility index (Phi) is 3.86. The molecule has 1 heterocycles. The Labute approximate surface area is 94.8 Å². The maximum absolute atomic E-state index is 11.6. The van der Waals surface area contributed by atoms with Crippen LogP contribution in [0.2, 0.25) is 0 Å². The van der Waals surface area contributed by atoms with Crippen LogP contribution >= 0.6 is 11.3 Å². The predicted molar refractivity (Wildman–Crippen MR) is 62.5 cm³/mol. The molecule has 0 aliphatic heterocycles. The van der Waals surface area contributed by atoms with Crippen LogP contribution in [0.5, 0.6) is 0 Å². The minimum absolute atomic E-state index is 0.254. The van der Waals surface area contributed by atoms with Crippen molar-refractivity contribution in [1.82, 2.24) is 9.71 Å². The summed E-state index contributed by atoms with van der Waals surface area (Å²) in [5.41, 5.74) is 0. The fourth-order valence-corrected chi connectivity index (χ4v) is 2.73. The molecule has 0 fully saturated rings. The van der Waals surface area contributed by atoms with Gasteiger partial charge in [0, 0.05) is 11.1 Å². The number of rotatable bonds is 4. The second-order valence-corrected chi connectivity index (χ2v) is 7.28. The zero-order valence-electron chi connectivity index (χ0n) is 9.31. The van der Waals surface area contributed by atoms with Crippen LogP contribution in [0.1, 0.15) is 36.7 Å². The molecule has 0 aliphatic carbocycles. The van der Waals surface area contributed by atoms with Crippen molar-refractivity contribution >= 4 is 21.4 Å². The van der Waals surface area contributed by atoms with Gasteiger partial charge in [0.2, 0.25) is 10.0 Å². The van der Waals surface area contributed by atoms with E-state index < -0.39 is 15.3 Å². The molecule has 1 rings (SSSR count). The first-order chi connectivity index (χ1) is 6.83. The van der Waals surface area contributed by atoms with Gasteiger partial charge in [0.1, 0.15) is 5.01 Å². The van der Waals surface area contributed by atoms with Crippen molar-refractivity contribution in [1.29, 1.82) is 0 Å². The first-order valence-corrected chi connectivity index (χ1v) is 7.12. The van der Waals surface area contributed by atoms with Gasteiger partial charge in [-0.25, -0.2) is 18.1 Å². The molecule has 1 aromatic heterocycles. The Bertz CT molecular complexity index is 423. The number of aromatic nitrogens is 1. The minimum Gasteiger partial charge on any atom is -0.248 e. The topological polar surface area (TPSA) is 59.1 Å². The van der Waals surface area contributed by atoms with Crippen LogP contribution in [-0.2, 0) is 10.0 Å². The maximum Gasteiger partial charge on any atom is 0.214 e. The molecule has 0 aliphatic rings. The molecule has 0 saturated carbocycles. The average molecular weight is 248 g/mol. The first-order valence-electron chi connectivity index (χ1n) is 4.76. The maximum atomic E-state index is 11.6. The van der Waals surface area contributed by atoms with Gasteiger partial charge in [0.05, 0.1) is 11.3 Å². The van der Waals surface area contributed by atoms with Gasteiger partial charge >= 0.3 is 0 Å². The Balaban J connectivity index is 2.76. The van der Waals surface area contributed by atoms with Crippen molar-refractivity contribution in [3.05, 3.63) is 16.1 Å². The summed E-state index contributed by atoms with van der Waals surface area (Å²) in [4.78, 5) is 5.23. The predicted octanol–water partition coefficient (Wildman–Crippen LogP) is 1.84. The molecule has 0 spiro atoms. The molecule has 86 valence electrons. The summed E-state index contributed by atoms with van der Waals surface area (Å²) in [6, 6.07) is -0.254. The number of aryl methyl sites for hydroxylation is 1. The van der Waals surface area contributed by atoms with E-state index in [1.165, 1.54) is 11.3 Å². The lowest BCUT2D eigenvalue weighted by molar-refractivity contribution is 0.557. The Morgan fingerprint density at radius 2 is 2.00 bits per heavy atom. The van der Waals surface area contributed by atoms with E-state index in [1.54, 1.807) is 27.0 Å². The van der Waals surface area contributed by atoms with Gasteiger partial charge in [-0.05, 0) is 27.7 Å². The molecular formula is C9H16N2O2S2. The standard InChI is InChI=1S/C9H16N2O2S2/c1-6(2)15(12,13)11-8(4)9-10-5-7(3)14-9/h5-6,8,11H,1-4H3. The molecule has 15 heavy (non-hydrogen) atoms. The molecule has 4 nitrogen and oxygen atoms in total. The summed E-state index contributed by atoms with van der Waals surface area (Å²) >= 11 is 1.51. The molecular weight excluding hydrogens is 232 g/mol. The summed E-state index contributed by atoms with van der Waals surface area (Å²) in [7, 11) is -3.22. The van der Waals surface area contributed by atoms with Crippen LogP contribution in [0.15, 0.2) is 6.20 Å². The molecule has 0 bridgehead atoms. The Morgan fingerprint density at radius 3 is 2.40 bits per heavy atom. The lowest BCUT2D eigenvalue weighted by Gasteiger charge is -2.13. The van der Waals surface area contributed by atoms with Crippen molar-refractivity contribution in [3.8, 4) is 0 Å². The Hall–Kier alpha value is -0.460. The summed E-state index contributed by atoms with van der Waals surface area (Å²) in [5.74, 6) is 0. The number of nitrogens with zero attached hydrogens (tertiary/aromatic N) is 1. The molecule has 0 aromatic carbocycles. The van der Waals surface area contributed by atoms with Crippen LogP contribution in [0.3, 0.4) is 0 Å². The summed E-state index contributed by atoms with van der Waals surface area (Å²) in [5, 5.41) is 0.387. The van der Waals surface area contributed by atoms with Gasteiger partial charge in [-0.1, -0.05) is 0 Å². The lowest BCUT2D eigenvalue weighted by Crippen LogP contribution is -2.32. The fourth-order valence-electron chi connectivity index (χ4n) is 1.01. The fraction of sp³-hybridized carbons (Fsp3) is 0.667. The molecule has 1 aromatic rings. The van der Waals surface area contributed by atoms with Crippen molar-refractivity contribution in [2.45, 2.75) is 39.0 Å². The van der Waals surface area contributed by atoms with Crippen molar-refractivity contribution < 1.29 is 8.42 Å². The van der Waals surface area contributed by atoms with Gasteiger partial charge in [-0.2, -0.15) is 0 Å². The van der Waals surface area contributed by atoms with Crippen LogP contribution < -0.4 is 4.72 Å². The van der Waals surface area contributed by atoms with Crippen LogP contribution in [0, 0.1) is 6.92 Å². The smallest absolute Gasteiger partial charge is 0.214 e. The number of nitrogens with one attached hydrogen (secondary N) is 1. The molecule has 1 atom stereocenters. The number of thiazole rings is 1. The highest BCUT2D eigenvalue weighted by atomic mass is 32.2. The highest BCUT2D eigenvalue weighted by Gasteiger charge is 2.20. The van der Waals surface area contributed by atoms with Gasteiger partial charge < -0.3 is 0 Å². The quantitative estimate of drug-likeness (QED) is 0.884. The van der Waals surface area contributed by atoms with E-state index in [-0.39, 0.29) is 6.04 Å². The molecule has 1 unspecified atom stereocenters. The van der Waals surface area contributed by atoms with Crippen molar-refractivity contribution in [2.75, 3.05) is 0 Å². The molecule has 6 heteroatoms. The number of hydrogen-bond donors (Lipinski definition) is 1. The summed E-state index contributed by atoms with van der Waals surface area (Å²) in [6.07, 6.45) is 1.75. The highest BCUT2D eigenvalue weighted by Crippen LogP contribution is 2.20. The zero-order chi connectivity index (χ0) is 11.6. The van der Waals surface area contributed by atoms with Crippen LogP contribution in [-0.4, -0.2) is 18.7 Å². The molecule has 0 amide bonds. The van der Waals surface area contributed by atoms with Crippen molar-refractivity contribution in [2.24, 2.45) is 0 Å². The monoisotopic (exact) mass is 248 g/mol. The normalized spacial score (nSPS) is 14.5. The largest absolute Gasteiger partial charge is 0.248 e. The van der Waals surface area contributed by atoms with E-state index >= 15 is 0 Å². The SMILES string of the molecule is Cc1cnc(C(C)NS(=O)(=O)C(C)C)s1. The first kappa shape index (κ1) is 12.6. The van der Waals surface area contributed by atoms with E-state index in [0.29, 0.717) is 0 Å². The Morgan fingerprint density at radius 1 is 1.40 bits per heavy atom. The van der Waals surface area contributed by atoms with E-state index in [9.17, 15) is 8.42 Å². The van der Waals surface area contributed by atoms with E-state index in [1.807, 2.05) is 6.92 Å². The third-order valence-corrected chi connectivity index (χ3v) is 4.99. The van der Waals surface area contributed by atoms with Gasteiger partial charge in [-0.15, -0.1) is 11.3 Å². The van der Waals surface area contributed by atoms with Crippen LogP contribution in [0.4, 0.5) is 0 Å². The van der Waals surface area contributed by atoms with Gasteiger partial charge in [0.15, 0.2) is 0 Å². The minimum atomic E-state index is -3.22. The van der Waals surface area contributed by atoms with E-state index in [0.717, 1.165) is 9.88 Å². The molecule has 1 N–H and O–H groups in total. The van der Waals surface area contributed by atoms with Gasteiger partial charge in [-0.3, -0.25) is 0 Å². The van der Waals surface area contributed by atoms with E-state index in [4.69, 9.17) is 0 Å². The average Bonchev–Trinajstić information content (AvgIpc) is 2.50. The van der Waals surface area contributed by atoms with Crippen LogP contribution in [0.25, 0.3) is 0 Å². The third-order valence-electron chi connectivity index (χ3n) is 1.97. The molecule has 0 radical (unpaired) electrons. The number of sulfonamides is 1. The van der Waals surface area contributed by atoms with E-state index in [2.05, 4.69) is 9.71 Å². The van der Waals surface area contributed by atoms with Crippen molar-refractivity contribution in [3.63, 3.8) is 0 Å². The lowest BCUT2D eigenvalue weighted by atomic mass is 10.4. The third kappa shape index (κ3) is 3.25. The highest BCUT2D eigenvalue weighted by molar-refractivity contribution is 7.90. The zero-order valence-corrected chi connectivity index (χ0v) is 10.9. The number of hydrogen-bond acceptors (Lipinski definition) is 4. The summed E-state index contributed by atoms with van der Waals surface area (Å²) in [6.45, 7) is 7.06. The van der Waals surface area contributed by atoms with Gasteiger partial charge in [0.25, 0.3) is 0 Å².